The smallest absolute Gasteiger partial charge is 0.350 e. The average Bonchev–Trinajstić information content (AvgIpc) is 3.45. The van der Waals surface area contributed by atoms with Gasteiger partial charge in [-0.1, -0.05) is 36.5 Å². The van der Waals surface area contributed by atoms with Crippen LogP contribution in [-0.4, -0.2) is 36.7 Å². The normalized spacial score (nSPS) is 14.5. The number of benzene rings is 2. The van der Waals surface area contributed by atoms with Crippen molar-refractivity contribution in [3.63, 3.8) is 0 Å². The number of hydrogen-bond donors (Lipinski definition) is 0. The van der Waals surface area contributed by atoms with Crippen LogP contribution in [0.3, 0.4) is 0 Å². The summed E-state index contributed by atoms with van der Waals surface area (Å²) in [5.74, 6) is -0.0314. The first-order chi connectivity index (χ1) is 18.9. The molecule has 5 rings (SSSR count). The summed E-state index contributed by atoms with van der Waals surface area (Å²) in [5, 5.41) is 0.621. The summed E-state index contributed by atoms with van der Waals surface area (Å²) in [6.45, 7) is 8.40. The van der Waals surface area contributed by atoms with Crippen molar-refractivity contribution in [3.8, 4) is 11.5 Å². The fourth-order valence-electron chi connectivity index (χ4n) is 4.60. The highest BCUT2D eigenvalue weighted by Gasteiger charge is 2.45. The maximum atomic E-state index is 13.9. The number of carbonyl (C=O) groups excluding carboxylic acids is 2. The molecule has 39 heavy (non-hydrogen) atoms. The molecule has 1 amide bonds. The number of esters is 1. The van der Waals surface area contributed by atoms with Crippen LogP contribution >= 0.6 is 11.3 Å². The van der Waals surface area contributed by atoms with E-state index in [0.717, 1.165) is 17.8 Å². The van der Waals surface area contributed by atoms with Crippen LogP contribution in [-0.2, 0) is 4.74 Å². The molecule has 0 radical (unpaired) electrons. The Kier molecular flexibility index (Phi) is 7.38. The summed E-state index contributed by atoms with van der Waals surface area (Å²) in [6.07, 6.45) is 0.825. The minimum absolute atomic E-state index is 0.0569. The summed E-state index contributed by atoms with van der Waals surface area (Å²) >= 11 is 1.04. The highest BCUT2D eigenvalue weighted by atomic mass is 32.1. The molecule has 0 N–H and O–H groups in total. The summed E-state index contributed by atoms with van der Waals surface area (Å²) in [5.41, 5.74) is 1.25. The monoisotopic (exact) mass is 548 g/mol. The molecule has 2 aromatic heterocycles. The van der Waals surface area contributed by atoms with Crippen molar-refractivity contribution < 1.29 is 28.2 Å². The lowest BCUT2D eigenvalue weighted by molar-refractivity contribution is 0.0531. The molecule has 3 heterocycles. The minimum atomic E-state index is -0.867. The van der Waals surface area contributed by atoms with Crippen LogP contribution in [0.4, 0.5) is 5.13 Å². The third kappa shape index (κ3) is 4.65. The van der Waals surface area contributed by atoms with Gasteiger partial charge in [0.2, 0.25) is 5.76 Å². The van der Waals surface area contributed by atoms with Gasteiger partial charge in [0.05, 0.1) is 42.5 Å². The lowest BCUT2D eigenvalue weighted by atomic mass is 9.98. The molecule has 10 heteroatoms. The largest absolute Gasteiger partial charge is 0.490 e. The van der Waals surface area contributed by atoms with Crippen LogP contribution in [0, 0.1) is 6.92 Å². The molecule has 0 aliphatic carbocycles. The van der Waals surface area contributed by atoms with Gasteiger partial charge in [0.1, 0.15) is 10.5 Å². The maximum Gasteiger partial charge on any atom is 0.350 e. The molecule has 0 saturated heterocycles. The Morgan fingerprint density at radius 2 is 1.85 bits per heavy atom. The van der Waals surface area contributed by atoms with E-state index < -0.39 is 17.9 Å². The topological polar surface area (TPSA) is 108 Å². The molecule has 9 nitrogen and oxygen atoms in total. The van der Waals surface area contributed by atoms with E-state index in [1.54, 1.807) is 56.3 Å². The highest BCUT2D eigenvalue weighted by Crippen LogP contribution is 2.45. The van der Waals surface area contributed by atoms with Crippen molar-refractivity contribution in [3.05, 3.63) is 80.1 Å². The fourth-order valence-corrected chi connectivity index (χ4v) is 5.59. The van der Waals surface area contributed by atoms with Crippen molar-refractivity contribution in [2.75, 3.05) is 24.7 Å². The molecule has 0 spiro atoms. The second-order valence-corrected chi connectivity index (χ2v) is 9.84. The quantitative estimate of drug-likeness (QED) is 0.246. The third-order valence-electron chi connectivity index (χ3n) is 6.27. The zero-order valence-corrected chi connectivity index (χ0v) is 22.9. The van der Waals surface area contributed by atoms with Crippen LogP contribution in [0.1, 0.15) is 70.3 Å². The van der Waals surface area contributed by atoms with Crippen molar-refractivity contribution in [2.24, 2.45) is 0 Å². The molecule has 0 unspecified atom stereocenters. The van der Waals surface area contributed by atoms with E-state index in [2.05, 4.69) is 4.98 Å². The van der Waals surface area contributed by atoms with Gasteiger partial charge < -0.3 is 18.6 Å². The van der Waals surface area contributed by atoms with Crippen LogP contribution < -0.4 is 19.8 Å². The summed E-state index contributed by atoms with van der Waals surface area (Å²) in [7, 11) is 0. The Bertz CT molecular complexity index is 1620. The number of ether oxygens (including phenoxy) is 3. The SMILES string of the molecule is CCCOc1ccc([C@H]2c3c(oc4ccccc4c3=O)C(=O)N2c2nc(C)c(C(=O)OCC)s2)cc1OCC. The minimum Gasteiger partial charge on any atom is -0.490 e. The number of rotatable bonds is 9. The van der Waals surface area contributed by atoms with Gasteiger partial charge in [-0.15, -0.1) is 0 Å². The van der Waals surface area contributed by atoms with E-state index in [9.17, 15) is 14.4 Å². The predicted octanol–water partition coefficient (Wildman–Crippen LogP) is 5.67. The Labute approximate surface area is 228 Å². The lowest BCUT2D eigenvalue weighted by Crippen LogP contribution is -2.29. The molecule has 0 bridgehead atoms. The number of anilines is 1. The third-order valence-corrected chi connectivity index (χ3v) is 7.41. The molecule has 4 aromatic rings. The number of aryl methyl sites for hydroxylation is 1. The van der Waals surface area contributed by atoms with Crippen molar-refractivity contribution in [2.45, 2.75) is 40.2 Å². The summed E-state index contributed by atoms with van der Waals surface area (Å²) < 4.78 is 22.9. The Hall–Kier alpha value is -4.18. The molecule has 1 atom stereocenters. The van der Waals surface area contributed by atoms with E-state index in [-0.39, 0.29) is 33.4 Å². The summed E-state index contributed by atoms with van der Waals surface area (Å²) in [6, 6.07) is 11.3. The fraction of sp³-hybridized carbons (Fsp3) is 0.310. The molecule has 202 valence electrons. The zero-order chi connectivity index (χ0) is 27.7. The first kappa shape index (κ1) is 26.4. The number of fused-ring (bicyclic) bond motifs is 2. The second kappa shape index (κ2) is 10.9. The van der Waals surface area contributed by atoms with Crippen molar-refractivity contribution in [1.82, 2.24) is 4.98 Å². The molecule has 1 aliphatic rings. The number of para-hydroxylation sites is 1. The molecular formula is C29H28N2O7S. The Balaban J connectivity index is 1.72. The van der Waals surface area contributed by atoms with E-state index in [0.29, 0.717) is 46.9 Å². The number of nitrogens with zero attached hydrogens (tertiary/aromatic N) is 2. The van der Waals surface area contributed by atoms with Crippen molar-refractivity contribution in [1.29, 1.82) is 0 Å². The standard InChI is InChI=1S/C29H28N2O7S/c1-5-14-37-20-13-12-17(15-21(20)35-6-2)23-22-24(32)18-10-8-9-11-19(18)38-25(22)27(33)31(23)29-30-16(4)26(39-29)28(34)36-7-3/h8-13,15,23H,5-7,14H2,1-4H3/t23-/m0/s1. The first-order valence-corrected chi connectivity index (χ1v) is 13.6. The Morgan fingerprint density at radius 3 is 2.59 bits per heavy atom. The van der Waals surface area contributed by atoms with Crippen molar-refractivity contribution >= 4 is 39.3 Å². The number of thiazole rings is 1. The van der Waals surface area contributed by atoms with Crippen LogP contribution in [0.2, 0.25) is 0 Å². The second-order valence-electron chi connectivity index (χ2n) is 8.87. The number of carbonyl (C=O) groups is 2. The van der Waals surface area contributed by atoms with E-state index in [4.69, 9.17) is 18.6 Å². The number of aromatic nitrogens is 1. The van der Waals surface area contributed by atoms with E-state index in [1.807, 2.05) is 13.8 Å². The number of hydrogen-bond acceptors (Lipinski definition) is 9. The molecular weight excluding hydrogens is 520 g/mol. The predicted molar refractivity (Wildman–Crippen MR) is 147 cm³/mol. The highest BCUT2D eigenvalue weighted by molar-refractivity contribution is 7.17. The van der Waals surface area contributed by atoms with Crippen LogP contribution in [0.15, 0.2) is 51.7 Å². The van der Waals surface area contributed by atoms with Gasteiger partial charge in [-0.3, -0.25) is 14.5 Å². The van der Waals surface area contributed by atoms with Gasteiger partial charge in [-0.05, 0) is 57.0 Å². The molecule has 0 fully saturated rings. The van der Waals surface area contributed by atoms with Crippen LogP contribution in [0.25, 0.3) is 11.0 Å². The molecule has 0 saturated carbocycles. The van der Waals surface area contributed by atoms with E-state index >= 15 is 0 Å². The van der Waals surface area contributed by atoms with Crippen LogP contribution in [0.5, 0.6) is 11.5 Å². The average molecular weight is 549 g/mol. The van der Waals surface area contributed by atoms with Gasteiger partial charge in [0.25, 0.3) is 5.91 Å². The maximum absolute atomic E-state index is 13.9. The molecule has 2 aromatic carbocycles. The first-order valence-electron chi connectivity index (χ1n) is 12.8. The summed E-state index contributed by atoms with van der Waals surface area (Å²) in [4.78, 5) is 46.5. The number of amides is 1. The van der Waals surface area contributed by atoms with Gasteiger partial charge in [-0.2, -0.15) is 0 Å². The Morgan fingerprint density at radius 1 is 1.05 bits per heavy atom. The van der Waals surface area contributed by atoms with E-state index in [1.165, 1.54) is 4.90 Å². The molecule has 1 aliphatic heterocycles. The van der Waals surface area contributed by atoms with Gasteiger partial charge in [-0.25, -0.2) is 9.78 Å². The van der Waals surface area contributed by atoms with Gasteiger partial charge in [0.15, 0.2) is 22.1 Å². The van der Waals surface area contributed by atoms with Gasteiger partial charge in [0, 0.05) is 0 Å². The van der Waals surface area contributed by atoms with Gasteiger partial charge >= 0.3 is 5.97 Å². The lowest BCUT2D eigenvalue weighted by Gasteiger charge is -2.23. The zero-order valence-electron chi connectivity index (χ0n) is 22.1.